The summed E-state index contributed by atoms with van der Waals surface area (Å²) in [6.45, 7) is 0.189. The Balaban J connectivity index is 1.90. The Bertz CT molecular complexity index is 680. The van der Waals surface area contributed by atoms with Gasteiger partial charge in [-0.15, -0.1) is 0 Å². The van der Waals surface area contributed by atoms with E-state index in [4.69, 9.17) is 14.3 Å². The molecule has 0 unspecified atom stereocenters. The van der Waals surface area contributed by atoms with Crippen molar-refractivity contribution in [3.05, 3.63) is 53.7 Å². The topological polar surface area (TPSA) is 80.0 Å². The normalized spacial score (nSPS) is 10.3. The summed E-state index contributed by atoms with van der Waals surface area (Å²) >= 11 is 0. The fourth-order valence-corrected chi connectivity index (χ4v) is 1.81. The van der Waals surface area contributed by atoms with E-state index >= 15 is 0 Å². The van der Waals surface area contributed by atoms with Crippen LogP contribution in [0.2, 0.25) is 0 Å². The highest BCUT2D eigenvalue weighted by molar-refractivity contribution is 5.91. The zero-order valence-electron chi connectivity index (χ0n) is 12.5. The number of aliphatic carboxylic acids is 1. The first kappa shape index (κ1) is 16.5. The maximum Gasteiger partial charge on any atom is 0.305 e. The van der Waals surface area contributed by atoms with E-state index in [1.807, 2.05) is 0 Å². The molecule has 6 nitrogen and oxygen atoms in total. The standard InChI is InChI=1S/C16H16FNO5/c1-18(9-8-15(19)20)16(21)14-7-6-13(23-14)10-22-12-4-2-11(17)3-5-12/h2-7H,8-10H2,1H3,(H,19,20). The van der Waals surface area contributed by atoms with Crippen molar-refractivity contribution in [2.24, 2.45) is 0 Å². The number of benzene rings is 1. The second kappa shape index (κ2) is 7.44. The van der Waals surface area contributed by atoms with Crippen molar-refractivity contribution < 1.29 is 28.2 Å². The fraction of sp³-hybridized carbons (Fsp3) is 0.250. The van der Waals surface area contributed by atoms with Gasteiger partial charge in [-0.1, -0.05) is 0 Å². The van der Waals surface area contributed by atoms with E-state index in [2.05, 4.69) is 0 Å². The minimum Gasteiger partial charge on any atom is -0.486 e. The van der Waals surface area contributed by atoms with Gasteiger partial charge in [0, 0.05) is 13.6 Å². The van der Waals surface area contributed by atoms with Crippen molar-refractivity contribution in [2.75, 3.05) is 13.6 Å². The van der Waals surface area contributed by atoms with Crippen LogP contribution in [-0.4, -0.2) is 35.5 Å². The third-order valence-corrected chi connectivity index (χ3v) is 3.07. The molecule has 122 valence electrons. The number of carbonyl (C=O) groups excluding carboxylic acids is 1. The quantitative estimate of drug-likeness (QED) is 0.847. The zero-order valence-corrected chi connectivity index (χ0v) is 12.5. The first-order valence-electron chi connectivity index (χ1n) is 6.90. The van der Waals surface area contributed by atoms with Gasteiger partial charge in [0.2, 0.25) is 0 Å². The molecule has 1 amide bonds. The predicted molar refractivity (Wildman–Crippen MR) is 78.7 cm³/mol. The molecule has 0 bridgehead atoms. The SMILES string of the molecule is CN(CCC(=O)O)C(=O)c1ccc(COc2ccc(F)cc2)o1. The highest BCUT2D eigenvalue weighted by Gasteiger charge is 2.16. The second-order valence-electron chi connectivity index (χ2n) is 4.88. The van der Waals surface area contributed by atoms with Crippen molar-refractivity contribution in [3.63, 3.8) is 0 Å². The highest BCUT2D eigenvalue weighted by Crippen LogP contribution is 2.16. The molecule has 0 atom stereocenters. The van der Waals surface area contributed by atoms with Crippen molar-refractivity contribution in [2.45, 2.75) is 13.0 Å². The Morgan fingerprint density at radius 1 is 1.22 bits per heavy atom. The number of nitrogens with zero attached hydrogens (tertiary/aromatic N) is 1. The minimum atomic E-state index is -0.975. The van der Waals surface area contributed by atoms with E-state index in [9.17, 15) is 14.0 Å². The van der Waals surface area contributed by atoms with Gasteiger partial charge in [0.05, 0.1) is 6.42 Å². The van der Waals surface area contributed by atoms with Crippen LogP contribution in [0.4, 0.5) is 4.39 Å². The fourth-order valence-electron chi connectivity index (χ4n) is 1.81. The van der Waals surface area contributed by atoms with Crippen LogP contribution in [0.5, 0.6) is 5.75 Å². The average Bonchev–Trinajstić information content (AvgIpc) is 3.00. The largest absolute Gasteiger partial charge is 0.486 e. The molecular weight excluding hydrogens is 305 g/mol. The summed E-state index contributed by atoms with van der Waals surface area (Å²) in [5.74, 6) is -0.710. The van der Waals surface area contributed by atoms with Crippen molar-refractivity contribution in [1.29, 1.82) is 0 Å². The molecule has 0 aliphatic carbocycles. The Labute approximate surface area is 132 Å². The molecule has 0 saturated heterocycles. The smallest absolute Gasteiger partial charge is 0.305 e. The summed E-state index contributed by atoms with van der Waals surface area (Å²) in [5, 5.41) is 8.61. The molecule has 0 radical (unpaired) electrons. The Kier molecular flexibility index (Phi) is 5.35. The lowest BCUT2D eigenvalue weighted by Gasteiger charge is -2.13. The van der Waals surface area contributed by atoms with Gasteiger partial charge >= 0.3 is 5.97 Å². The molecule has 1 aromatic heterocycles. The van der Waals surface area contributed by atoms with E-state index in [1.54, 1.807) is 6.07 Å². The Morgan fingerprint density at radius 2 is 1.91 bits per heavy atom. The molecule has 0 spiro atoms. The summed E-state index contributed by atoms with van der Waals surface area (Å²) in [7, 11) is 1.50. The summed E-state index contributed by atoms with van der Waals surface area (Å²) < 4.78 is 23.6. The Hall–Kier alpha value is -2.83. The van der Waals surface area contributed by atoms with Gasteiger partial charge in [-0.3, -0.25) is 9.59 Å². The van der Waals surface area contributed by atoms with E-state index in [1.165, 1.54) is 42.3 Å². The summed E-state index contributed by atoms with van der Waals surface area (Å²) in [5.41, 5.74) is 0. The van der Waals surface area contributed by atoms with E-state index < -0.39 is 11.9 Å². The van der Waals surface area contributed by atoms with Crippen LogP contribution in [0.15, 0.2) is 40.8 Å². The van der Waals surface area contributed by atoms with Crippen LogP contribution < -0.4 is 4.74 Å². The number of carboxylic acids is 1. The maximum absolute atomic E-state index is 12.8. The predicted octanol–water partition coefficient (Wildman–Crippen LogP) is 2.54. The first-order valence-corrected chi connectivity index (χ1v) is 6.90. The van der Waals surface area contributed by atoms with Crippen LogP contribution in [0.3, 0.4) is 0 Å². The third-order valence-electron chi connectivity index (χ3n) is 3.07. The number of carbonyl (C=O) groups is 2. The lowest BCUT2D eigenvalue weighted by atomic mass is 10.3. The molecule has 0 aliphatic rings. The number of furan rings is 1. The van der Waals surface area contributed by atoms with Gasteiger partial charge in [0.25, 0.3) is 5.91 Å². The molecule has 7 heteroatoms. The number of hydrogen-bond acceptors (Lipinski definition) is 4. The summed E-state index contributed by atoms with van der Waals surface area (Å²) in [6.07, 6.45) is -0.135. The number of rotatable bonds is 7. The molecule has 23 heavy (non-hydrogen) atoms. The number of halogens is 1. The third kappa shape index (κ3) is 4.84. The molecule has 0 fully saturated rings. The van der Waals surface area contributed by atoms with Crippen molar-refractivity contribution >= 4 is 11.9 Å². The highest BCUT2D eigenvalue weighted by atomic mass is 19.1. The molecule has 0 saturated carbocycles. The van der Waals surface area contributed by atoms with Gasteiger partial charge in [-0.05, 0) is 36.4 Å². The lowest BCUT2D eigenvalue weighted by Crippen LogP contribution is -2.28. The van der Waals surface area contributed by atoms with Crippen LogP contribution in [-0.2, 0) is 11.4 Å². The van der Waals surface area contributed by atoms with E-state index in [0.717, 1.165) is 0 Å². The number of amides is 1. The molecule has 2 aromatic rings. The number of carboxylic acid groups (broad SMARTS) is 1. The van der Waals surface area contributed by atoms with Crippen LogP contribution in [0, 0.1) is 5.82 Å². The number of ether oxygens (including phenoxy) is 1. The maximum atomic E-state index is 12.8. The monoisotopic (exact) mass is 321 g/mol. The van der Waals surface area contributed by atoms with Crippen LogP contribution >= 0.6 is 0 Å². The van der Waals surface area contributed by atoms with Gasteiger partial charge in [-0.2, -0.15) is 0 Å². The molecule has 1 heterocycles. The van der Waals surface area contributed by atoms with Crippen LogP contribution in [0.1, 0.15) is 22.7 Å². The minimum absolute atomic E-state index is 0.0935. The molecular formula is C16H16FNO5. The van der Waals surface area contributed by atoms with Crippen molar-refractivity contribution in [3.8, 4) is 5.75 Å². The Morgan fingerprint density at radius 3 is 2.57 bits per heavy atom. The average molecular weight is 321 g/mol. The summed E-state index contributed by atoms with van der Waals surface area (Å²) in [4.78, 5) is 23.8. The van der Waals surface area contributed by atoms with Gasteiger partial charge in [0.15, 0.2) is 5.76 Å². The second-order valence-corrected chi connectivity index (χ2v) is 4.88. The van der Waals surface area contributed by atoms with E-state index in [0.29, 0.717) is 11.5 Å². The molecule has 2 rings (SSSR count). The van der Waals surface area contributed by atoms with Gasteiger partial charge < -0.3 is 19.2 Å². The molecule has 1 N–H and O–H groups in total. The van der Waals surface area contributed by atoms with E-state index in [-0.39, 0.29) is 31.1 Å². The zero-order chi connectivity index (χ0) is 16.8. The summed E-state index contributed by atoms with van der Waals surface area (Å²) in [6, 6.07) is 8.65. The van der Waals surface area contributed by atoms with Crippen molar-refractivity contribution in [1.82, 2.24) is 4.90 Å². The number of hydrogen-bond donors (Lipinski definition) is 1. The van der Waals surface area contributed by atoms with Gasteiger partial charge in [-0.25, -0.2) is 4.39 Å². The van der Waals surface area contributed by atoms with Crippen LogP contribution in [0.25, 0.3) is 0 Å². The molecule has 1 aromatic carbocycles. The first-order chi connectivity index (χ1) is 11.0. The van der Waals surface area contributed by atoms with Gasteiger partial charge in [0.1, 0.15) is 23.9 Å². The molecule has 0 aliphatic heterocycles. The lowest BCUT2D eigenvalue weighted by molar-refractivity contribution is -0.137.